The molecule has 0 atom stereocenters. The monoisotopic (exact) mass is 318 g/mol. The Morgan fingerprint density at radius 1 is 1.36 bits per heavy atom. The zero-order chi connectivity index (χ0) is 15.7. The number of fused-ring (bicyclic) bond motifs is 1. The molecule has 0 radical (unpaired) electrons. The fraction of sp³-hybridized carbons (Fsp3) is 0.562. The van der Waals surface area contributed by atoms with Crippen LogP contribution in [0.1, 0.15) is 33.6 Å². The number of thiazole rings is 1. The molecule has 0 bridgehead atoms. The lowest BCUT2D eigenvalue weighted by Crippen LogP contribution is -2.46. The van der Waals surface area contributed by atoms with Gasteiger partial charge in [-0.25, -0.2) is 4.98 Å². The van der Waals surface area contributed by atoms with Crippen LogP contribution in [-0.4, -0.2) is 39.9 Å². The van der Waals surface area contributed by atoms with E-state index in [0.717, 1.165) is 41.3 Å². The second-order valence-electron chi connectivity index (χ2n) is 6.82. The van der Waals surface area contributed by atoms with Crippen LogP contribution in [-0.2, 0) is 4.79 Å². The van der Waals surface area contributed by atoms with Gasteiger partial charge in [0.1, 0.15) is 5.52 Å². The Morgan fingerprint density at radius 3 is 2.73 bits per heavy atom. The van der Waals surface area contributed by atoms with Crippen LogP contribution in [0.3, 0.4) is 0 Å². The third kappa shape index (κ3) is 3.21. The highest BCUT2D eigenvalue weighted by Crippen LogP contribution is 2.27. The summed E-state index contributed by atoms with van der Waals surface area (Å²) in [6.45, 7) is 7.58. The molecule has 1 saturated heterocycles. The first-order valence-corrected chi connectivity index (χ1v) is 8.51. The van der Waals surface area contributed by atoms with Crippen molar-refractivity contribution in [2.24, 2.45) is 5.41 Å². The highest BCUT2D eigenvalue weighted by molar-refractivity contribution is 7.22. The minimum atomic E-state index is -0.291. The van der Waals surface area contributed by atoms with Gasteiger partial charge in [0.05, 0.1) is 10.9 Å². The minimum Gasteiger partial charge on any atom is -0.359 e. The average Bonchev–Trinajstić information content (AvgIpc) is 2.88. The maximum Gasteiger partial charge on any atom is 0.227 e. The first-order chi connectivity index (χ1) is 10.4. The number of carbonyl (C=O) groups excluding carboxylic acids is 1. The zero-order valence-corrected chi connectivity index (χ0v) is 14.1. The molecule has 1 amide bonds. The van der Waals surface area contributed by atoms with Gasteiger partial charge in [-0.2, -0.15) is 0 Å². The van der Waals surface area contributed by atoms with Crippen molar-refractivity contribution >= 4 is 32.6 Å². The first-order valence-electron chi connectivity index (χ1n) is 7.70. The maximum absolute atomic E-state index is 12.3. The van der Waals surface area contributed by atoms with E-state index in [1.807, 2.05) is 31.7 Å². The van der Waals surface area contributed by atoms with Gasteiger partial charge in [0.2, 0.25) is 5.91 Å². The Labute approximate surface area is 134 Å². The van der Waals surface area contributed by atoms with Gasteiger partial charge in [0, 0.05) is 30.7 Å². The predicted molar refractivity (Wildman–Crippen MR) is 90.1 cm³/mol. The molecular formula is C16H22N4OS. The Morgan fingerprint density at radius 2 is 2.09 bits per heavy atom. The number of hydrogen-bond donors (Lipinski definition) is 1. The van der Waals surface area contributed by atoms with Crippen LogP contribution in [0.4, 0.5) is 5.13 Å². The van der Waals surface area contributed by atoms with E-state index < -0.39 is 0 Å². The molecule has 0 aliphatic carbocycles. The number of nitrogens with one attached hydrogen (secondary N) is 1. The number of rotatable bonds is 2. The number of carbonyl (C=O) groups is 1. The first kappa shape index (κ1) is 15.2. The molecule has 2 aromatic rings. The zero-order valence-electron chi connectivity index (χ0n) is 13.3. The second-order valence-corrected chi connectivity index (χ2v) is 7.85. The highest BCUT2D eigenvalue weighted by atomic mass is 32.1. The molecule has 0 spiro atoms. The number of anilines is 1. The molecule has 1 N–H and O–H groups in total. The van der Waals surface area contributed by atoms with Gasteiger partial charge in [0.15, 0.2) is 5.13 Å². The fourth-order valence-corrected chi connectivity index (χ4v) is 3.63. The number of likely N-dealkylation sites (tertiary alicyclic amines) is 1. The molecule has 22 heavy (non-hydrogen) atoms. The Balaban J connectivity index is 1.59. The normalized spacial score (nSPS) is 17.0. The van der Waals surface area contributed by atoms with Gasteiger partial charge >= 0.3 is 0 Å². The molecule has 118 valence electrons. The van der Waals surface area contributed by atoms with Crippen molar-refractivity contribution in [3.63, 3.8) is 0 Å². The summed E-state index contributed by atoms with van der Waals surface area (Å²) < 4.78 is 1.15. The summed E-state index contributed by atoms with van der Waals surface area (Å²) in [4.78, 5) is 22.9. The molecule has 0 saturated carbocycles. The van der Waals surface area contributed by atoms with Crippen molar-refractivity contribution in [1.82, 2.24) is 14.9 Å². The van der Waals surface area contributed by atoms with Crippen molar-refractivity contribution in [1.29, 1.82) is 0 Å². The van der Waals surface area contributed by atoms with E-state index in [1.54, 1.807) is 23.7 Å². The van der Waals surface area contributed by atoms with E-state index in [1.165, 1.54) is 0 Å². The van der Waals surface area contributed by atoms with Gasteiger partial charge in [-0.1, -0.05) is 32.1 Å². The summed E-state index contributed by atoms with van der Waals surface area (Å²) in [5.74, 6) is 0.247. The summed E-state index contributed by atoms with van der Waals surface area (Å²) >= 11 is 1.66. The number of amides is 1. The smallest absolute Gasteiger partial charge is 0.227 e. The van der Waals surface area contributed by atoms with E-state index in [0.29, 0.717) is 6.04 Å². The molecule has 3 rings (SSSR count). The number of pyridine rings is 1. The van der Waals surface area contributed by atoms with Crippen LogP contribution < -0.4 is 5.32 Å². The summed E-state index contributed by atoms with van der Waals surface area (Å²) in [5, 5.41) is 4.46. The number of nitrogens with zero attached hydrogens (tertiary/aromatic N) is 3. The van der Waals surface area contributed by atoms with Crippen LogP contribution in [0.5, 0.6) is 0 Å². The van der Waals surface area contributed by atoms with Crippen molar-refractivity contribution in [2.75, 3.05) is 18.4 Å². The van der Waals surface area contributed by atoms with Gasteiger partial charge in [-0.15, -0.1) is 0 Å². The summed E-state index contributed by atoms with van der Waals surface area (Å²) in [6, 6.07) is 2.38. The largest absolute Gasteiger partial charge is 0.359 e. The quantitative estimate of drug-likeness (QED) is 0.924. The molecule has 1 fully saturated rings. The predicted octanol–water partition coefficient (Wildman–Crippen LogP) is 3.14. The molecule has 3 heterocycles. The van der Waals surface area contributed by atoms with E-state index >= 15 is 0 Å². The van der Waals surface area contributed by atoms with E-state index in [-0.39, 0.29) is 11.3 Å². The lowest BCUT2D eigenvalue weighted by Gasteiger charge is -2.35. The molecule has 0 unspecified atom stereocenters. The molecule has 0 aromatic carbocycles. The minimum absolute atomic E-state index is 0.247. The topological polar surface area (TPSA) is 58.1 Å². The van der Waals surface area contributed by atoms with E-state index in [2.05, 4.69) is 15.3 Å². The Bertz CT molecular complexity index is 635. The molecule has 6 heteroatoms. The summed E-state index contributed by atoms with van der Waals surface area (Å²) in [7, 11) is 0. The lowest BCUT2D eigenvalue weighted by atomic mass is 9.93. The van der Waals surface area contributed by atoms with Crippen molar-refractivity contribution in [3.05, 3.63) is 18.5 Å². The SMILES string of the molecule is CC(C)(C)C(=O)N1CCC(Nc2nc3cnccc3s2)CC1. The fourth-order valence-electron chi connectivity index (χ4n) is 2.72. The van der Waals surface area contributed by atoms with Crippen LogP contribution in [0.2, 0.25) is 0 Å². The molecule has 1 aliphatic rings. The number of aromatic nitrogens is 2. The number of piperidine rings is 1. The van der Waals surface area contributed by atoms with Crippen LogP contribution in [0, 0.1) is 5.41 Å². The third-order valence-electron chi connectivity index (χ3n) is 3.94. The van der Waals surface area contributed by atoms with E-state index in [4.69, 9.17) is 0 Å². The average molecular weight is 318 g/mol. The summed E-state index contributed by atoms with van der Waals surface area (Å²) in [6.07, 6.45) is 5.52. The molecule has 1 aliphatic heterocycles. The Hall–Kier alpha value is -1.69. The highest BCUT2D eigenvalue weighted by Gasteiger charge is 2.30. The van der Waals surface area contributed by atoms with Gasteiger partial charge < -0.3 is 10.2 Å². The van der Waals surface area contributed by atoms with Gasteiger partial charge in [-0.05, 0) is 18.9 Å². The standard InChI is InChI=1S/C16H22N4OS/c1-16(2,3)14(21)20-8-5-11(6-9-20)18-15-19-12-10-17-7-4-13(12)22-15/h4,7,10-11H,5-6,8-9H2,1-3H3,(H,18,19). The van der Waals surface area contributed by atoms with Crippen LogP contribution in [0.15, 0.2) is 18.5 Å². The van der Waals surface area contributed by atoms with Crippen molar-refractivity contribution < 1.29 is 4.79 Å². The van der Waals surface area contributed by atoms with Gasteiger partial charge in [0.25, 0.3) is 0 Å². The summed E-state index contributed by atoms with van der Waals surface area (Å²) in [5.41, 5.74) is 0.649. The van der Waals surface area contributed by atoms with Crippen molar-refractivity contribution in [2.45, 2.75) is 39.7 Å². The molecule has 5 nitrogen and oxygen atoms in total. The number of hydrogen-bond acceptors (Lipinski definition) is 5. The van der Waals surface area contributed by atoms with Crippen LogP contribution >= 0.6 is 11.3 Å². The molecule has 2 aromatic heterocycles. The van der Waals surface area contributed by atoms with Crippen LogP contribution in [0.25, 0.3) is 10.2 Å². The second kappa shape index (κ2) is 5.83. The lowest BCUT2D eigenvalue weighted by molar-refractivity contribution is -0.140. The maximum atomic E-state index is 12.3. The van der Waals surface area contributed by atoms with Gasteiger partial charge in [-0.3, -0.25) is 9.78 Å². The van der Waals surface area contributed by atoms with E-state index in [9.17, 15) is 4.79 Å². The Kier molecular flexibility index (Phi) is 4.04. The van der Waals surface area contributed by atoms with Crippen molar-refractivity contribution in [3.8, 4) is 0 Å². The molecular weight excluding hydrogens is 296 g/mol. The third-order valence-corrected chi connectivity index (χ3v) is 4.91.